The second-order valence-corrected chi connectivity index (χ2v) is 11.7. The third-order valence-electron chi connectivity index (χ3n) is 7.58. The second-order valence-electron chi connectivity index (χ2n) is 11.7. The molecule has 0 bridgehead atoms. The fourth-order valence-electron chi connectivity index (χ4n) is 4.72. The molecular formula is C49H69N3. The van der Waals surface area contributed by atoms with E-state index in [-0.39, 0.29) is 0 Å². The molecule has 2 aromatic carbocycles. The van der Waals surface area contributed by atoms with Crippen molar-refractivity contribution in [2.75, 3.05) is 6.54 Å². The minimum absolute atomic E-state index is 0.346. The van der Waals surface area contributed by atoms with Gasteiger partial charge in [-0.25, -0.2) is 0 Å². The molecule has 0 atom stereocenters. The molecule has 0 aliphatic carbocycles. The maximum absolute atomic E-state index is 7.60. The lowest BCUT2D eigenvalue weighted by Gasteiger charge is -2.17. The second kappa shape index (κ2) is 30.8. The molecule has 0 heterocycles. The van der Waals surface area contributed by atoms with Crippen LogP contribution in [0, 0.1) is 12.3 Å². The molecule has 0 saturated carbocycles. The van der Waals surface area contributed by atoms with Gasteiger partial charge in [-0.05, 0) is 94.2 Å². The zero-order chi connectivity index (χ0) is 39.9. The Bertz CT molecular complexity index is 1620. The Balaban J connectivity index is 0. The van der Waals surface area contributed by atoms with Crippen LogP contribution in [0.25, 0.3) is 11.3 Å². The zero-order valence-corrected chi connectivity index (χ0v) is 34.5. The minimum atomic E-state index is 0.346. The van der Waals surface area contributed by atoms with Gasteiger partial charge in [0.15, 0.2) is 0 Å². The average Bonchev–Trinajstić information content (AvgIpc) is 3.17. The highest BCUT2D eigenvalue weighted by molar-refractivity contribution is 6.06. The van der Waals surface area contributed by atoms with Gasteiger partial charge in [-0.2, -0.15) is 0 Å². The van der Waals surface area contributed by atoms with Crippen molar-refractivity contribution in [3.8, 4) is 0 Å². The van der Waals surface area contributed by atoms with Gasteiger partial charge in [-0.3, -0.25) is 4.99 Å². The molecule has 3 heteroatoms. The van der Waals surface area contributed by atoms with Crippen LogP contribution in [0.15, 0.2) is 163 Å². The summed E-state index contributed by atoms with van der Waals surface area (Å²) < 4.78 is 0. The number of allylic oxidation sites excluding steroid dienone is 13. The Morgan fingerprint density at radius 3 is 2.00 bits per heavy atom. The maximum Gasteiger partial charge on any atom is 0.133 e. The fraction of sp³-hybridized carbons (Fsp3) is 0.306. The number of hydrogen-bond acceptors (Lipinski definition) is 2. The normalized spacial score (nSPS) is 12.3. The van der Waals surface area contributed by atoms with Gasteiger partial charge in [0.05, 0.1) is 6.54 Å². The van der Waals surface area contributed by atoms with E-state index in [0.717, 1.165) is 41.7 Å². The molecule has 3 nitrogen and oxygen atoms in total. The average molecular weight is 700 g/mol. The van der Waals surface area contributed by atoms with Gasteiger partial charge in [0.1, 0.15) is 5.84 Å². The molecule has 0 amide bonds. The van der Waals surface area contributed by atoms with Crippen molar-refractivity contribution in [1.82, 2.24) is 5.32 Å². The zero-order valence-electron chi connectivity index (χ0n) is 34.5. The van der Waals surface area contributed by atoms with E-state index in [4.69, 9.17) is 5.41 Å². The topological polar surface area (TPSA) is 48.2 Å². The first-order valence-corrected chi connectivity index (χ1v) is 18.6. The van der Waals surface area contributed by atoms with Crippen molar-refractivity contribution in [3.63, 3.8) is 0 Å². The van der Waals surface area contributed by atoms with E-state index in [9.17, 15) is 0 Å². The van der Waals surface area contributed by atoms with Crippen molar-refractivity contribution < 1.29 is 0 Å². The first-order valence-electron chi connectivity index (χ1n) is 18.6. The van der Waals surface area contributed by atoms with Crippen molar-refractivity contribution >= 4 is 22.8 Å². The quantitative estimate of drug-likeness (QED) is 0.108. The van der Waals surface area contributed by atoms with Crippen LogP contribution in [0.2, 0.25) is 0 Å². The number of aliphatic imine (C=N–C) groups is 1. The standard InChI is InChI=1S/C20H25N3.C19H26.C8H12.C2H6/c1-5-11-17(7-3)20(22-15-16(4)21)23-19(12-6-2)18-13-9-8-10-14-18;1-7-11-18(14(4)8-2)16(6)19-15(5)12-10-13-17(19)9-3;1-4-6-7-8(3)5-2;1-2/h5,7-14,21H,1,3,6,15H2,2,4H3,(H,22,23);7,10-13H,6,8-9H2,1-5H3;4-7H,2H2,1,3H3;1-2H3/b17-11+,19-12-,21-16?;11-7-,18-14+;6-4-,8-7-;. The summed E-state index contributed by atoms with van der Waals surface area (Å²) in [5, 5.41) is 11.0. The van der Waals surface area contributed by atoms with Gasteiger partial charge in [0.25, 0.3) is 0 Å². The molecule has 2 N–H and O–H groups in total. The first-order chi connectivity index (χ1) is 25.0. The molecule has 0 unspecified atom stereocenters. The number of rotatable bonds is 15. The summed E-state index contributed by atoms with van der Waals surface area (Å²) in [6.45, 7) is 38.6. The summed E-state index contributed by atoms with van der Waals surface area (Å²) in [4.78, 5) is 4.51. The lowest BCUT2D eigenvalue weighted by Crippen LogP contribution is -2.24. The lowest BCUT2D eigenvalue weighted by molar-refractivity contribution is 1.08. The molecule has 52 heavy (non-hydrogen) atoms. The van der Waals surface area contributed by atoms with E-state index in [2.05, 4.69) is 127 Å². The smallest absolute Gasteiger partial charge is 0.133 e. The molecule has 0 spiro atoms. The summed E-state index contributed by atoms with van der Waals surface area (Å²) in [6, 6.07) is 16.6. The monoisotopic (exact) mass is 700 g/mol. The summed E-state index contributed by atoms with van der Waals surface area (Å²) in [5.74, 6) is 0.690. The number of amidine groups is 1. The molecule has 0 aromatic heterocycles. The van der Waals surface area contributed by atoms with E-state index in [1.807, 2.05) is 76.3 Å². The number of benzene rings is 2. The van der Waals surface area contributed by atoms with Crippen LogP contribution in [0.4, 0.5) is 0 Å². The molecule has 2 aromatic rings. The van der Waals surface area contributed by atoms with Crippen molar-refractivity contribution in [2.45, 2.75) is 95.4 Å². The highest BCUT2D eigenvalue weighted by Gasteiger charge is 2.12. The highest BCUT2D eigenvalue weighted by Crippen LogP contribution is 2.31. The van der Waals surface area contributed by atoms with E-state index < -0.39 is 0 Å². The van der Waals surface area contributed by atoms with Crippen LogP contribution in [-0.2, 0) is 6.42 Å². The Kier molecular flexibility index (Phi) is 29.1. The van der Waals surface area contributed by atoms with Gasteiger partial charge in [-0.15, -0.1) is 0 Å². The van der Waals surface area contributed by atoms with Crippen LogP contribution in [-0.4, -0.2) is 18.1 Å². The van der Waals surface area contributed by atoms with Crippen LogP contribution < -0.4 is 5.32 Å². The number of nitrogens with one attached hydrogen (secondary N) is 2. The Morgan fingerprint density at radius 1 is 0.865 bits per heavy atom. The third-order valence-corrected chi connectivity index (χ3v) is 7.58. The predicted octanol–water partition coefficient (Wildman–Crippen LogP) is 14.4. The molecule has 0 fully saturated rings. The Morgan fingerprint density at radius 2 is 1.52 bits per heavy atom. The SMILES string of the molecule is C=C(C(/C=C\C)=C(\C)CC)c1c(C)cccc1CC.C=C/C(C)=C\C=C/C.C=C/C=C(\C=C)C(=NCC(C)=N)N/C(=C\CC)c1ccccc1.CC. The summed E-state index contributed by atoms with van der Waals surface area (Å²) in [6.07, 6.45) is 22.6. The van der Waals surface area contributed by atoms with Crippen LogP contribution >= 0.6 is 0 Å². The molecule has 280 valence electrons. The molecule has 0 aliphatic rings. The summed E-state index contributed by atoms with van der Waals surface area (Å²) >= 11 is 0. The first kappa shape index (κ1) is 49.1. The van der Waals surface area contributed by atoms with Crippen LogP contribution in [0.1, 0.15) is 104 Å². The minimum Gasteiger partial charge on any atom is -0.340 e. The largest absolute Gasteiger partial charge is 0.340 e. The van der Waals surface area contributed by atoms with E-state index in [0.29, 0.717) is 18.1 Å². The number of aryl methyl sites for hydroxylation is 2. The van der Waals surface area contributed by atoms with Crippen molar-refractivity contribution in [3.05, 3.63) is 180 Å². The molecule has 0 saturated heterocycles. The Labute approximate surface area is 319 Å². The molecular weight excluding hydrogens is 631 g/mol. The Hall–Kier alpha value is -5.02. The fourth-order valence-corrected chi connectivity index (χ4v) is 4.72. The highest BCUT2D eigenvalue weighted by atomic mass is 15.0. The lowest BCUT2D eigenvalue weighted by atomic mass is 9.88. The van der Waals surface area contributed by atoms with Gasteiger partial charge in [0.2, 0.25) is 0 Å². The molecule has 2 rings (SSSR count). The van der Waals surface area contributed by atoms with Gasteiger partial charge < -0.3 is 10.7 Å². The van der Waals surface area contributed by atoms with Crippen LogP contribution in [0.5, 0.6) is 0 Å². The van der Waals surface area contributed by atoms with Gasteiger partial charge in [-0.1, -0.05) is 181 Å². The van der Waals surface area contributed by atoms with E-state index in [1.165, 1.54) is 33.4 Å². The predicted molar refractivity (Wildman–Crippen MR) is 240 cm³/mol. The molecule has 0 radical (unpaired) electrons. The van der Waals surface area contributed by atoms with E-state index >= 15 is 0 Å². The van der Waals surface area contributed by atoms with E-state index in [1.54, 1.807) is 19.1 Å². The number of hydrogen-bond donors (Lipinski definition) is 2. The third kappa shape index (κ3) is 19.4. The number of nitrogens with zero attached hydrogens (tertiary/aromatic N) is 1. The maximum atomic E-state index is 7.60. The van der Waals surface area contributed by atoms with Gasteiger partial charge >= 0.3 is 0 Å². The van der Waals surface area contributed by atoms with Crippen molar-refractivity contribution in [2.24, 2.45) is 4.99 Å². The molecule has 0 aliphatic heterocycles. The summed E-state index contributed by atoms with van der Waals surface area (Å²) in [5.41, 5.74) is 12.5. The summed E-state index contributed by atoms with van der Waals surface area (Å²) in [7, 11) is 0. The van der Waals surface area contributed by atoms with Gasteiger partial charge in [0, 0.05) is 17.0 Å². The van der Waals surface area contributed by atoms with Crippen molar-refractivity contribution in [1.29, 1.82) is 5.41 Å². The van der Waals surface area contributed by atoms with Crippen LogP contribution in [0.3, 0.4) is 0 Å².